The highest BCUT2D eigenvalue weighted by Crippen LogP contribution is 2.29. The number of nitrogens with zero attached hydrogens (tertiary/aromatic N) is 4. The van der Waals surface area contributed by atoms with E-state index in [9.17, 15) is 0 Å². The third kappa shape index (κ3) is 2.76. The fraction of sp³-hybridized carbons (Fsp3) is 0.643. The quantitative estimate of drug-likeness (QED) is 0.919. The molecule has 0 aliphatic heterocycles. The van der Waals surface area contributed by atoms with Crippen LogP contribution in [0.1, 0.15) is 61.0 Å². The van der Waals surface area contributed by atoms with Gasteiger partial charge in [-0.15, -0.1) is 5.10 Å². The number of aryl methyl sites for hydroxylation is 1. The molecular weight excluding hydrogens is 270 g/mol. The van der Waals surface area contributed by atoms with E-state index in [2.05, 4.69) is 33.5 Å². The van der Waals surface area contributed by atoms with Crippen molar-refractivity contribution in [2.75, 3.05) is 0 Å². The van der Waals surface area contributed by atoms with Gasteiger partial charge in [-0.1, -0.05) is 24.3 Å². The van der Waals surface area contributed by atoms with Crippen molar-refractivity contribution in [2.45, 2.75) is 57.5 Å². The molecule has 5 nitrogen and oxygen atoms in total. The first-order valence-corrected chi connectivity index (χ1v) is 8.16. The van der Waals surface area contributed by atoms with Crippen molar-refractivity contribution < 1.29 is 0 Å². The lowest BCUT2D eigenvalue weighted by Crippen LogP contribution is -2.14. The maximum atomic E-state index is 6.29. The predicted octanol–water partition coefficient (Wildman–Crippen LogP) is 2.65. The molecule has 0 amide bonds. The molecule has 1 aliphatic rings. The zero-order valence-corrected chi connectivity index (χ0v) is 12.6. The molecule has 0 aromatic carbocycles. The molecule has 2 heterocycles. The van der Waals surface area contributed by atoms with Crippen LogP contribution in [0.25, 0.3) is 0 Å². The highest BCUT2D eigenvalue weighted by molar-refractivity contribution is 7.05. The van der Waals surface area contributed by atoms with Gasteiger partial charge in [-0.3, -0.25) is 4.68 Å². The van der Waals surface area contributed by atoms with Crippen LogP contribution in [0, 0.1) is 0 Å². The summed E-state index contributed by atoms with van der Waals surface area (Å²) in [5, 5.41) is 8.83. The molecule has 3 rings (SSSR count). The molecule has 20 heavy (non-hydrogen) atoms. The summed E-state index contributed by atoms with van der Waals surface area (Å²) in [6.07, 6.45) is 8.91. The molecule has 2 N–H and O–H groups in total. The summed E-state index contributed by atoms with van der Waals surface area (Å²) in [4.78, 5) is 1.10. The van der Waals surface area contributed by atoms with Crippen LogP contribution in [0.4, 0.5) is 0 Å². The van der Waals surface area contributed by atoms with E-state index in [1.54, 1.807) is 0 Å². The summed E-state index contributed by atoms with van der Waals surface area (Å²) in [6.45, 7) is 2.09. The second-order valence-electron chi connectivity index (χ2n) is 5.47. The summed E-state index contributed by atoms with van der Waals surface area (Å²) in [5.41, 5.74) is 8.39. The van der Waals surface area contributed by atoms with E-state index in [-0.39, 0.29) is 6.04 Å². The maximum absolute atomic E-state index is 6.29. The Morgan fingerprint density at radius 1 is 1.45 bits per heavy atom. The van der Waals surface area contributed by atoms with E-state index >= 15 is 0 Å². The zero-order chi connectivity index (χ0) is 13.9. The van der Waals surface area contributed by atoms with Crippen molar-refractivity contribution in [2.24, 2.45) is 5.73 Å². The van der Waals surface area contributed by atoms with E-state index in [0.29, 0.717) is 6.04 Å². The standard InChI is InChI=1S/C14H21N5S/c1-2-13-14(20-18-16-13)12(15)9-10-7-8-19(17-10)11-5-3-4-6-11/h7-8,11-12H,2-6,9,15H2,1H3. The SMILES string of the molecule is CCc1nnsc1C(N)Cc1ccn(C2CCCC2)n1. The molecule has 2 aromatic heterocycles. The van der Waals surface area contributed by atoms with E-state index in [1.165, 1.54) is 37.2 Å². The number of hydrogen-bond donors (Lipinski definition) is 1. The summed E-state index contributed by atoms with van der Waals surface area (Å²) >= 11 is 1.41. The van der Waals surface area contributed by atoms with Gasteiger partial charge in [-0.05, 0) is 36.9 Å². The molecule has 1 atom stereocenters. The van der Waals surface area contributed by atoms with Gasteiger partial charge in [0.25, 0.3) is 0 Å². The van der Waals surface area contributed by atoms with Crippen molar-refractivity contribution in [3.05, 3.63) is 28.5 Å². The average molecular weight is 291 g/mol. The van der Waals surface area contributed by atoms with Gasteiger partial charge in [0.2, 0.25) is 0 Å². The van der Waals surface area contributed by atoms with Gasteiger partial charge in [0.1, 0.15) is 0 Å². The molecule has 2 aromatic rings. The lowest BCUT2D eigenvalue weighted by molar-refractivity contribution is 0.461. The third-order valence-electron chi connectivity index (χ3n) is 4.05. The Morgan fingerprint density at radius 3 is 3.00 bits per heavy atom. The Kier molecular flexibility index (Phi) is 4.12. The minimum Gasteiger partial charge on any atom is -0.323 e. The molecule has 0 bridgehead atoms. The Balaban J connectivity index is 1.68. The van der Waals surface area contributed by atoms with Gasteiger partial charge in [0.15, 0.2) is 0 Å². The third-order valence-corrected chi connectivity index (χ3v) is 4.95. The molecule has 1 unspecified atom stereocenters. The van der Waals surface area contributed by atoms with E-state index in [4.69, 9.17) is 10.8 Å². The first-order chi connectivity index (χ1) is 9.78. The highest BCUT2D eigenvalue weighted by atomic mass is 32.1. The Labute approximate surface area is 123 Å². The van der Waals surface area contributed by atoms with Gasteiger partial charge in [0, 0.05) is 18.7 Å². The van der Waals surface area contributed by atoms with Crippen molar-refractivity contribution in [1.29, 1.82) is 0 Å². The van der Waals surface area contributed by atoms with Crippen LogP contribution in [0.2, 0.25) is 0 Å². The molecule has 1 aliphatic carbocycles. The van der Waals surface area contributed by atoms with Crippen LogP contribution in [0.15, 0.2) is 12.3 Å². The van der Waals surface area contributed by atoms with Crippen LogP contribution < -0.4 is 5.73 Å². The molecule has 0 saturated heterocycles. The first-order valence-electron chi connectivity index (χ1n) is 7.38. The lowest BCUT2D eigenvalue weighted by Gasteiger charge is -2.10. The van der Waals surface area contributed by atoms with E-state index < -0.39 is 0 Å². The summed E-state index contributed by atoms with van der Waals surface area (Å²) < 4.78 is 6.14. The summed E-state index contributed by atoms with van der Waals surface area (Å²) in [6, 6.07) is 2.64. The molecule has 6 heteroatoms. The minimum absolute atomic E-state index is 0.0446. The molecule has 108 valence electrons. The Morgan fingerprint density at radius 2 is 2.25 bits per heavy atom. The fourth-order valence-electron chi connectivity index (χ4n) is 2.92. The normalized spacial score (nSPS) is 17.7. The predicted molar refractivity (Wildman–Crippen MR) is 79.7 cm³/mol. The molecule has 0 spiro atoms. The molecule has 1 fully saturated rings. The fourth-order valence-corrected chi connectivity index (χ4v) is 3.66. The largest absolute Gasteiger partial charge is 0.323 e. The maximum Gasteiger partial charge on any atom is 0.0801 e. The van der Waals surface area contributed by atoms with Crippen molar-refractivity contribution in [3.8, 4) is 0 Å². The smallest absolute Gasteiger partial charge is 0.0801 e. The van der Waals surface area contributed by atoms with Crippen LogP contribution in [-0.4, -0.2) is 19.4 Å². The van der Waals surface area contributed by atoms with Gasteiger partial charge in [-0.25, -0.2) is 0 Å². The minimum atomic E-state index is -0.0446. The molecular formula is C14H21N5S. The Bertz CT molecular complexity index is 555. The number of rotatable bonds is 5. The topological polar surface area (TPSA) is 69.6 Å². The van der Waals surface area contributed by atoms with Crippen LogP contribution >= 0.6 is 11.5 Å². The van der Waals surface area contributed by atoms with Crippen molar-refractivity contribution >= 4 is 11.5 Å². The van der Waals surface area contributed by atoms with Crippen LogP contribution in [0.3, 0.4) is 0 Å². The Hall–Kier alpha value is -1.27. The summed E-state index contributed by atoms with van der Waals surface area (Å²) in [7, 11) is 0. The second kappa shape index (κ2) is 6.01. The summed E-state index contributed by atoms with van der Waals surface area (Å²) in [5.74, 6) is 0. The van der Waals surface area contributed by atoms with E-state index in [0.717, 1.165) is 29.1 Å². The first kappa shape index (κ1) is 13.7. The van der Waals surface area contributed by atoms with Crippen LogP contribution in [-0.2, 0) is 12.8 Å². The monoisotopic (exact) mass is 291 g/mol. The number of nitrogens with two attached hydrogens (primary N) is 1. The zero-order valence-electron chi connectivity index (χ0n) is 11.8. The van der Waals surface area contributed by atoms with Gasteiger partial charge in [-0.2, -0.15) is 5.10 Å². The highest BCUT2D eigenvalue weighted by Gasteiger charge is 2.19. The van der Waals surface area contributed by atoms with Gasteiger partial charge < -0.3 is 5.73 Å². The van der Waals surface area contributed by atoms with Gasteiger partial charge in [0.05, 0.1) is 22.3 Å². The molecule has 1 saturated carbocycles. The number of aromatic nitrogens is 4. The van der Waals surface area contributed by atoms with Crippen molar-refractivity contribution in [3.63, 3.8) is 0 Å². The lowest BCUT2D eigenvalue weighted by atomic mass is 10.1. The van der Waals surface area contributed by atoms with Crippen molar-refractivity contribution in [1.82, 2.24) is 19.4 Å². The van der Waals surface area contributed by atoms with Crippen LogP contribution in [0.5, 0.6) is 0 Å². The van der Waals surface area contributed by atoms with E-state index in [1.807, 2.05) is 0 Å². The molecule has 0 radical (unpaired) electrons. The number of hydrogen-bond acceptors (Lipinski definition) is 5. The second-order valence-corrected chi connectivity index (χ2v) is 6.26. The van der Waals surface area contributed by atoms with Gasteiger partial charge >= 0.3 is 0 Å². The average Bonchev–Trinajstić information content (AvgIpc) is 3.19.